The summed E-state index contributed by atoms with van der Waals surface area (Å²) in [5.74, 6) is 0.845. The van der Waals surface area contributed by atoms with Crippen molar-refractivity contribution in [3.63, 3.8) is 0 Å². The average molecular weight is 214 g/mol. The molecule has 0 aromatic rings. The van der Waals surface area contributed by atoms with Crippen molar-refractivity contribution in [2.24, 2.45) is 11.3 Å². The first-order chi connectivity index (χ1) is 6.81. The molecule has 0 bridgehead atoms. The van der Waals surface area contributed by atoms with Gasteiger partial charge in [0.25, 0.3) is 0 Å². The topological polar surface area (TPSA) is 26.3 Å². The van der Waals surface area contributed by atoms with Gasteiger partial charge in [0, 0.05) is 19.4 Å². The fraction of sp³-hybridized carbons (Fsp3) is 0.923. The predicted octanol–water partition coefficient (Wildman–Crippen LogP) is 3.44. The van der Waals surface area contributed by atoms with Gasteiger partial charge in [0.05, 0.1) is 6.61 Å². The van der Waals surface area contributed by atoms with E-state index in [0.29, 0.717) is 31.1 Å². The highest BCUT2D eigenvalue weighted by Crippen LogP contribution is 2.13. The summed E-state index contributed by atoms with van der Waals surface area (Å²) in [6.45, 7) is 12.1. The summed E-state index contributed by atoms with van der Waals surface area (Å²) in [5, 5.41) is 0. The Morgan fingerprint density at radius 3 is 2.33 bits per heavy atom. The molecule has 2 nitrogen and oxygen atoms in total. The molecule has 0 radical (unpaired) electrons. The van der Waals surface area contributed by atoms with Crippen LogP contribution in [0.3, 0.4) is 0 Å². The summed E-state index contributed by atoms with van der Waals surface area (Å²) >= 11 is 0. The lowest BCUT2D eigenvalue weighted by Gasteiger charge is -2.17. The maximum Gasteiger partial charge on any atom is 0.133 e. The molecule has 0 aromatic carbocycles. The van der Waals surface area contributed by atoms with E-state index in [2.05, 4.69) is 34.6 Å². The standard InChI is InChI=1S/C13H26O2/c1-11(2)9-12(14)7-6-8-15-10-13(3,4)5/h11H,6-10H2,1-5H3. The zero-order valence-corrected chi connectivity index (χ0v) is 10.9. The van der Waals surface area contributed by atoms with Crippen molar-refractivity contribution in [1.29, 1.82) is 0 Å². The number of hydrogen-bond donors (Lipinski definition) is 0. The van der Waals surface area contributed by atoms with E-state index in [1.165, 1.54) is 0 Å². The van der Waals surface area contributed by atoms with Crippen molar-refractivity contribution in [1.82, 2.24) is 0 Å². The van der Waals surface area contributed by atoms with Crippen LogP contribution < -0.4 is 0 Å². The molecule has 0 heterocycles. The van der Waals surface area contributed by atoms with Gasteiger partial charge in [-0.15, -0.1) is 0 Å². The van der Waals surface area contributed by atoms with Crippen LogP contribution in [0.2, 0.25) is 0 Å². The Labute approximate surface area is 94.4 Å². The molecule has 0 unspecified atom stereocenters. The van der Waals surface area contributed by atoms with Crippen molar-refractivity contribution >= 4 is 5.78 Å². The van der Waals surface area contributed by atoms with Gasteiger partial charge in [0.15, 0.2) is 0 Å². The van der Waals surface area contributed by atoms with E-state index in [9.17, 15) is 4.79 Å². The normalized spacial score (nSPS) is 12.1. The summed E-state index contributed by atoms with van der Waals surface area (Å²) in [6.07, 6.45) is 2.24. The quantitative estimate of drug-likeness (QED) is 0.607. The van der Waals surface area contributed by atoms with Crippen molar-refractivity contribution < 1.29 is 9.53 Å². The SMILES string of the molecule is CC(C)CC(=O)CCCOCC(C)(C)C. The maximum atomic E-state index is 11.4. The smallest absolute Gasteiger partial charge is 0.133 e. The summed E-state index contributed by atoms with van der Waals surface area (Å²) in [5.41, 5.74) is 0.224. The predicted molar refractivity (Wildman–Crippen MR) is 64.0 cm³/mol. The molecule has 0 saturated carbocycles. The van der Waals surface area contributed by atoms with E-state index in [-0.39, 0.29) is 5.41 Å². The highest BCUT2D eigenvalue weighted by Gasteiger charge is 2.10. The molecule has 0 fully saturated rings. The van der Waals surface area contributed by atoms with Crippen molar-refractivity contribution in [2.45, 2.75) is 53.9 Å². The number of rotatable bonds is 7. The van der Waals surface area contributed by atoms with Crippen molar-refractivity contribution in [3.8, 4) is 0 Å². The van der Waals surface area contributed by atoms with Crippen LogP contribution in [-0.2, 0) is 9.53 Å². The first-order valence-electron chi connectivity index (χ1n) is 5.91. The van der Waals surface area contributed by atoms with Crippen molar-refractivity contribution in [2.75, 3.05) is 13.2 Å². The van der Waals surface area contributed by atoms with Crippen molar-refractivity contribution in [3.05, 3.63) is 0 Å². The van der Waals surface area contributed by atoms with E-state index in [1.54, 1.807) is 0 Å². The third kappa shape index (κ3) is 11.6. The lowest BCUT2D eigenvalue weighted by molar-refractivity contribution is -0.120. The van der Waals surface area contributed by atoms with E-state index in [4.69, 9.17) is 4.74 Å². The van der Waals surface area contributed by atoms with E-state index in [0.717, 1.165) is 13.0 Å². The Balaban J connectivity index is 3.35. The number of hydrogen-bond acceptors (Lipinski definition) is 2. The van der Waals surface area contributed by atoms with Gasteiger partial charge in [-0.3, -0.25) is 4.79 Å². The first kappa shape index (κ1) is 14.6. The molecular formula is C13H26O2. The van der Waals surface area contributed by atoms with Crippen LogP contribution >= 0.6 is 0 Å². The second-order valence-corrected chi connectivity index (χ2v) is 5.85. The monoisotopic (exact) mass is 214 g/mol. The Bertz CT molecular complexity index is 177. The van der Waals surface area contributed by atoms with Crippen LogP contribution in [0.5, 0.6) is 0 Å². The van der Waals surface area contributed by atoms with E-state index >= 15 is 0 Å². The Hall–Kier alpha value is -0.370. The van der Waals surface area contributed by atoms with Gasteiger partial charge >= 0.3 is 0 Å². The molecule has 0 spiro atoms. The van der Waals surface area contributed by atoms with Gasteiger partial charge in [-0.2, -0.15) is 0 Å². The van der Waals surface area contributed by atoms with Gasteiger partial charge in [0.1, 0.15) is 5.78 Å². The van der Waals surface area contributed by atoms with Crippen LogP contribution in [0.25, 0.3) is 0 Å². The molecule has 0 rings (SSSR count). The fourth-order valence-electron chi connectivity index (χ4n) is 1.31. The van der Waals surface area contributed by atoms with Crippen LogP contribution in [0, 0.1) is 11.3 Å². The third-order valence-corrected chi connectivity index (χ3v) is 1.92. The van der Waals surface area contributed by atoms with Crippen LogP contribution in [0.15, 0.2) is 0 Å². The molecule has 0 saturated heterocycles. The van der Waals surface area contributed by atoms with Gasteiger partial charge < -0.3 is 4.74 Å². The fourth-order valence-corrected chi connectivity index (χ4v) is 1.31. The second kappa shape index (κ2) is 7.00. The third-order valence-electron chi connectivity index (χ3n) is 1.92. The molecule has 0 aliphatic heterocycles. The number of Topliss-reactive ketones (excluding diaryl/α,β-unsaturated/α-hetero) is 1. The van der Waals surface area contributed by atoms with E-state index in [1.807, 2.05) is 0 Å². The van der Waals surface area contributed by atoms with Gasteiger partial charge in [-0.1, -0.05) is 34.6 Å². The highest BCUT2D eigenvalue weighted by atomic mass is 16.5. The molecule has 0 aromatic heterocycles. The number of ether oxygens (including phenoxy) is 1. The zero-order valence-electron chi connectivity index (χ0n) is 10.9. The van der Waals surface area contributed by atoms with Crippen LogP contribution in [0.4, 0.5) is 0 Å². The summed E-state index contributed by atoms with van der Waals surface area (Å²) in [7, 11) is 0. The molecule has 0 atom stereocenters. The first-order valence-corrected chi connectivity index (χ1v) is 5.91. The van der Waals surface area contributed by atoms with E-state index < -0.39 is 0 Å². The molecule has 0 aliphatic rings. The Kier molecular flexibility index (Phi) is 6.82. The second-order valence-electron chi connectivity index (χ2n) is 5.85. The lowest BCUT2D eigenvalue weighted by atomic mass is 9.99. The minimum atomic E-state index is 0.224. The van der Waals surface area contributed by atoms with Crippen LogP contribution in [0.1, 0.15) is 53.9 Å². The van der Waals surface area contributed by atoms with Gasteiger partial charge in [0.2, 0.25) is 0 Å². The summed E-state index contributed by atoms with van der Waals surface area (Å²) in [4.78, 5) is 11.4. The number of ketones is 1. The lowest BCUT2D eigenvalue weighted by Crippen LogP contribution is -2.15. The van der Waals surface area contributed by atoms with Crippen LogP contribution in [-0.4, -0.2) is 19.0 Å². The number of carbonyl (C=O) groups excluding carboxylic acids is 1. The molecule has 0 aliphatic carbocycles. The highest BCUT2D eigenvalue weighted by molar-refractivity contribution is 5.78. The molecular weight excluding hydrogens is 188 g/mol. The number of carbonyl (C=O) groups is 1. The minimum absolute atomic E-state index is 0.224. The molecule has 0 amide bonds. The zero-order chi connectivity index (χ0) is 11.9. The van der Waals surface area contributed by atoms with Gasteiger partial charge in [-0.25, -0.2) is 0 Å². The molecule has 15 heavy (non-hydrogen) atoms. The largest absolute Gasteiger partial charge is 0.381 e. The maximum absolute atomic E-state index is 11.4. The molecule has 0 N–H and O–H groups in total. The average Bonchev–Trinajstić information content (AvgIpc) is 1.99. The van der Waals surface area contributed by atoms with Gasteiger partial charge in [-0.05, 0) is 17.8 Å². The molecule has 2 heteroatoms. The Morgan fingerprint density at radius 2 is 1.87 bits per heavy atom. The minimum Gasteiger partial charge on any atom is -0.381 e. The Morgan fingerprint density at radius 1 is 1.27 bits per heavy atom. The summed E-state index contributed by atoms with van der Waals surface area (Å²) in [6, 6.07) is 0. The molecule has 90 valence electrons. The summed E-state index contributed by atoms with van der Waals surface area (Å²) < 4.78 is 5.50.